The third-order valence-electron chi connectivity index (χ3n) is 2.92. The SMILES string of the molecule is CCNc1nc(Cn2ccc(=O)[nH]c2=O)nc2sccc12. The van der Waals surface area contributed by atoms with Gasteiger partial charge in [0.25, 0.3) is 5.56 Å². The summed E-state index contributed by atoms with van der Waals surface area (Å²) in [7, 11) is 0. The fourth-order valence-electron chi connectivity index (χ4n) is 1.99. The van der Waals surface area contributed by atoms with Crippen molar-refractivity contribution in [2.75, 3.05) is 11.9 Å². The van der Waals surface area contributed by atoms with Crippen molar-refractivity contribution < 1.29 is 0 Å². The van der Waals surface area contributed by atoms with Gasteiger partial charge in [-0.15, -0.1) is 11.3 Å². The summed E-state index contributed by atoms with van der Waals surface area (Å²) in [5.74, 6) is 1.28. The monoisotopic (exact) mass is 303 g/mol. The first kappa shape index (κ1) is 13.5. The van der Waals surface area contributed by atoms with Gasteiger partial charge in [-0.1, -0.05) is 0 Å². The summed E-state index contributed by atoms with van der Waals surface area (Å²) in [5.41, 5.74) is -0.887. The molecule has 3 aromatic heterocycles. The van der Waals surface area contributed by atoms with E-state index in [1.54, 1.807) is 0 Å². The van der Waals surface area contributed by atoms with E-state index in [9.17, 15) is 9.59 Å². The Morgan fingerprint density at radius 3 is 2.95 bits per heavy atom. The molecule has 0 aliphatic heterocycles. The summed E-state index contributed by atoms with van der Waals surface area (Å²) in [6, 6.07) is 3.27. The first-order valence-electron chi connectivity index (χ1n) is 6.45. The number of hydrogen-bond acceptors (Lipinski definition) is 6. The maximum atomic E-state index is 11.7. The standard InChI is InChI=1S/C13H13N5O2S/c1-2-14-11-8-4-6-21-12(8)16-9(15-11)7-18-5-3-10(19)17-13(18)20/h3-6H,2,7H2,1H3,(H,14,15,16)(H,17,19,20). The number of thiophene rings is 1. The van der Waals surface area contributed by atoms with Crippen molar-refractivity contribution in [2.24, 2.45) is 0 Å². The highest BCUT2D eigenvalue weighted by atomic mass is 32.1. The summed E-state index contributed by atoms with van der Waals surface area (Å²) in [5, 5.41) is 6.12. The van der Waals surface area contributed by atoms with E-state index in [-0.39, 0.29) is 6.54 Å². The summed E-state index contributed by atoms with van der Waals surface area (Å²) in [4.78, 5) is 34.8. The number of anilines is 1. The van der Waals surface area contributed by atoms with Crippen molar-refractivity contribution in [2.45, 2.75) is 13.5 Å². The van der Waals surface area contributed by atoms with E-state index in [2.05, 4.69) is 20.3 Å². The van der Waals surface area contributed by atoms with Gasteiger partial charge in [0.1, 0.15) is 10.6 Å². The van der Waals surface area contributed by atoms with Gasteiger partial charge in [-0.2, -0.15) is 0 Å². The number of H-pyrrole nitrogens is 1. The molecule has 3 aromatic rings. The number of nitrogens with zero attached hydrogens (tertiary/aromatic N) is 3. The molecule has 0 unspecified atom stereocenters. The summed E-state index contributed by atoms with van der Waals surface area (Å²) >= 11 is 1.52. The van der Waals surface area contributed by atoms with Crippen LogP contribution >= 0.6 is 11.3 Å². The van der Waals surface area contributed by atoms with Gasteiger partial charge in [-0.05, 0) is 18.4 Å². The van der Waals surface area contributed by atoms with Crippen LogP contribution in [-0.4, -0.2) is 26.1 Å². The van der Waals surface area contributed by atoms with Crippen molar-refractivity contribution in [3.05, 3.63) is 50.4 Å². The molecule has 0 atom stereocenters. The maximum Gasteiger partial charge on any atom is 0.328 e. The smallest absolute Gasteiger partial charge is 0.328 e. The van der Waals surface area contributed by atoms with Gasteiger partial charge < -0.3 is 5.32 Å². The first-order valence-corrected chi connectivity index (χ1v) is 7.33. The van der Waals surface area contributed by atoms with Crippen LogP contribution in [0.15, 0.2) is 33.3 Å². The second-order valence-electron chi connectivity index (χ2n) is 4.40. The van der Waals surface area contributed by atoms with Crippen molar-refractivity contribution in [1.29, 1.82) is 0 Å². The highest BCUT2D eigenvalue weighted by Gasteiger charge is 2.09. The van der Waals surface area contributed by atoms with Crippen molar-refractivity contribution in [3.8, 4) is 0 Å². The van der Waals surface area contributed by atoms with Crippen LogP contribution in [0.2, 0.25) is 0 Å². The second kappa shape index (κ2) is 5.49. The fourth-order valence-corrected chi connectivity index (χ4v) is 2.78. The largest absolute Gasteiger partial charge is 0.370 e. The molecular formula is C13H13N5O2S. The Kier molecular flexibility index (Phi) is 3.53. The van der Waals surface area contributed by atoms with Crippen LogP contribution in [0.25, 0.3) is 10.2 Å². The molecular weight excluding hydrogens is 290 g/mol. The molecule has 0 bridgehead atoms. The molecule has 21 heavy (non-hydrogen) atoms. The predicted octanol–water partition coefficient (Wildman–Crippen LogP) is 1.02. The molecule has 0 aliphatic carbocycles. The Hall–Kier alpha value is -2.48. The zero-order valence-electron chi connectivity index (χ0n) is 11.3. The lowest BCUT2D eigenvalue weighted by Gasteiger charge is -2.08. The molecule has 0 saturated carbocycles. The summed E-state index contributed by atoms with van der Waals surface area (Å²) in [6.45, 7) is 2.95. The minimum Gasteiger partial charge on any atom is -0.370 e. The lowest BCUT2D eigenvalue weighted by atomic mass is 10.3. The van der Waals surface area contributed by atoms with E-state index in [1.807, 2.05) is 18.4 Å². The van der Waals surface area contributed by atoms with Gasteiger partial charge in [0, 0.05) is 18.8 Å². The van der Waals surface area contributed by atoms with E-state index in [0.717, 1.165) is 22.6 Å². The highest BCUT2D eigenvalue weighted by Crippen LogP contribution is 2.24. The molecule has 108 valence electrons. The summed E-state index contributed by atoms with van der Waals surface area (Å²) < 4.78 is 1.37. The molecule has 3 heterocycles. The van der Waals surface area contributed by atoms with E-state index >= 15 is 0 Å². The molecule has 0 fully saturated rings. The highest BCUT2D eigenvalue weighted by molar-refractivity contribution is 7.16. The summed E-state index contributed by atoms with van der Waals surface area (Å²) in [6.07, 6.45) is 1.44. The Balaban J connectivity index is 2.03. The Bertz CT molecular complexity index is 895. The van der Waals surface area contributed by atoms with Gasteiger partial charge >= 0.3 is 5.69 Å². The molecule has 2 N–H and O–H groups in total. The topological polar surface area (TPSA) is 92.7 Å². The van der Waals surface area contributed by atoms with Crippen LogP contribution in [0, 0.1) is 0 Å². The third-order valence-corrected chi connectivity index (χ3v) is 3.73. The third kappa shape index (κ3) is 2.70. The normalized spacial score (nSPS) is 10.9. The van der Waals surface area contributed by atoms with Gasteiger partial charge in [0.15, 0.2) is 5.82 Å². The van der Waals surface area contributed by atoms with Crippen LogP contribution in [0.1, 0.15) is 12.7 Å². The number of hydrogen-bond donors (Lipinski definition) is 2. The second-order valence-corrected chi connectivity index (χ2v) is 5.29. The average Bonchev–Trinajstić information content (AvgIpc) is 2.91. The van der Waals surface area contributed by atoms with Gasteiger partial charge in [-0.3, -0.25) is 14.3 Å². The van der Waals surface area contributed by atoms with Crippen LogP contribution < -0.4 is 16.6 Å². The van der Waals surface area contributed by atoms with Crippen LogP contribution in [-0.2, 0) is 6.54 Å². The Morgan fingerprint density at radius 1 is 1.33 bits per heavy atom. The van der Waals surface area contributed by atoms with E-state index in [1.165, 1.54) is 28.2 Å². The Morgan fingerprint density at radius 2 is 2.19 bits per heavy atom. The quantitative estimate of drug-likeness (QED) is 0.750. The molecule has 8 heteroatoms. The Labute approximate surface area is 123 Å². The van der Waals surface area contributed by atoms with Crippen molar-refractivity contribution >= 4 is 27.4 Å². The van der Waals surface area contributed by atoms with Crippen LogP contribution in [0.5, 0.6) is 0 Å². The first-order chi connectivity index (χ1) is 10.2. The molecule has 0 aliphatic rings. The molecule has 0 spiro atoms. The lowest BCUT2D eigenvalue weighted by molar-refractivity contribution is 0.689. The van der Waals surface area contributed by atoms with Crippen molar-refractivity contribution in [1.82, 2.24) is 19.5 Å². The van der Waals surface area contributed by atoms with E-state index < -0.39 is 11.2 Å². The van der Waals surface area contributed by atoms with Gasteiger partial charge in [-0.25, -0.2) is 14.8 Å². The van der Waals surface area contributed by atoms with Gasteiger partial charge in [0.2, 0.25) is 0 Å². The zero-order chi connectivity index (χ0) is 14.8. The minimum atomic E-state index is -0.470. The number of aromatic amines is 1. The molecule has 3 rings (SSSR count). The van der Waals surface area contributed by atoms with Gasteiger partial charge in [0.05, 0.1) is 11.9 Å². The number of aromatic nitrogens is 4. The molecule has 0 radical (unpaired) electrons. The molecule has 0 aromatic carbocycles. The lowest BCUT2D eigenvalue weighted by Crippen LogP contribution is -2.29. The minimum absolute atomic E-state index is 0.210. The van der Waals surface area contributed by atoms with Crippen molar-refractivity contribution in [3.63, 3.8) is 0 Å². The molecule has 7 nitrogen and oxygen atoms in total. The zero-order valence-corrected chi connectivity index (χ0v) is 12.1. The van der Waals surface area contributed by atoms with Crippen LogP contribution in [0.4, 0.5) is 5.82 Å². The fraction of sp³-hybridized carbons (Fsp3) is 0.231. The van der Waals surface area contributed by atoms with Crippen LogP contribution in [0.3, 0.4) is 0 Å². The number of nitrogens with one attached hydrogen (secondary N) is 2. The van der Waals surface area contributed by atoms with E-state index in [4.69, 9.17) is 0 Å². The maximum absolute atomic E-state index is 11.7. The van der Waals surface area contributed by atoms with E-state index in [0.29, 0.717) is 5.82 Å². The predicted molar refractivity (Wildman–Crippen MR) is 82.0 cm³/mol. The average molecular weight is 303 g/mol. The molecule has 0 amide bonds. The number of rotatable bonds is 4. The number of fused-ring (bicyclic) bond motifs is 1. The molecule has 0 saturated heterocycles.